The summed E-state index contributed by atoms with van der Waals surface area (Å²) in [5, 5.41) is 5.90. The topological polar surface area (TPSA) is 70.7 Å². The maximum atomic E-state index is 12.8. The fourth-order valence-electron chi connectivity index (χ4n) is 4.03. The van der Waals surface area contributed by atoms with Gasteiger partial charge in [-0.1, -0.05) is 41.9 Å². The maximum absolute atomic E-state index is 12.8. The van der Waals surface area contributed by atoms with Crippen LogP contribution in [0, 0.1) is 0 Å². The van der Waals surface area contributed by atoms with Gasteiger partial charge in [-0.05, 0) is 69.5 Å². The molecule has 0 bridgehead atoms. The molecular formula is C25H32ClN3O3. The van der Waals surface area contributed by atoms with E-state index < -0.39 is 6.04 Å². The van der Waals surface area contributed by atoms with Gasteiger partial charge in [0.05, 0.1) is 11.1 Å². The van der Waals surface area contributed by atoms with Crippen LogP contribution >= 0.6 is 11.6 Å². The maximum Gasteiger partial charge on any atom is 0.252 e. The van der Waals surface area contributed by atoms with E-state index in [2.05, 4.69) is 39.8 Å². The van der Waals surface area contributed by atoms with E-state index in [4.69, 9.17) is 16.3 Å². The van der Waals surface area contributed by atoms with Gasteiger partial charge >= 0.3 is 0 Å². The van der Waals surface area contributed by atoms with Crippen LogP contribution in [0.1, 0.15) is 48.5 Å². The number of amides is 2. The summed E-state index contributed by atoms with van der Waals surface area (Å²) in [6.07, 6.45) is 2.05. The molecule has 1 fully saturated rings. The minimum atomic E-state index is -0.647. The Balaban J connectivity index is 1.60. The minimum Gasteiger partial charge on any atom is -0.489 e. The largest absolute Gasteiger partial charge is 0.489 e. The minimum absolute atomic E-state index is 0.0177. The number of piperidine rings is 1. The summed E-state index contributed by atoms with van der Waals surface area (Å²) in [5.41, 5.74) is 1.76. The molecule has 6 nitrogen and oxygen atoms in total. The molecule has 0 saturated carbocycles. The van der Waals surface area contributed by atoms with Gasteiger partial charge in [0.1, 0.15) is 11.8 Å². The van der Waals surface area contributed by atoms with E-state index in [-0.39, 0.29) is 17.9 Å². The Labute approximate surface area is 195 Å². The van der Waals surface area contributed by atoms with Crippen LogP contribution in [0.4, 0.5) is 0 Å². The van der Waals surface area contributed by atoms with E-state index in [0.29, 0.717) is 28.8 Å². The number of nitrogens with zero attached hydrogens (tertiary/aromatic N) is 1. The first-order chi connectivity index (χ1) is 15.4. The zero-order valence-electron chi connectivity index (χ0n) is 18.9. The van der Waals surface area contributed by atoms with Gasteiger partial charge in [-0.25, -0.2) is 0 Å². The van der Waals surface area contributed by atoms with E-state index >= 15 is 0 Å². The SMILES string of the molecule is CNC(=O)[C@H](CN1CCC(c2ccccc2)CC1)NC(=O)c1ccc(OC(C)C)c(Cl)c1. The van der Waals surface area contributed by atoms with Crippen molar-refractivity contribution in [3.05, 3.63) is 64.7 Å². The second-order valence-corrected chi connectivity index (χ2v) is 8.84. The summed E-state index contributed by atoms with van der Waals surface area (Å²) in [6, 6.07) is 14.8. The van der Waals surface area contributed by atoms with Crippen molar-refractivity contribution in [3.8, 4) is 5.75 Å². The number of rotatable bonds is 8. The van der Waals surface area contributed by atoms with E-state index in [0.717, 1.165) is 25.9 Å². The molecule has 1 heterocycles. The Kier molecular flexibility index (Phi) is 8.53. The summed E-state index contributed by atoms with van der Waals surface area (Å²) in [4.78, 5) is 27.6. The number of ether oxygens (including phenoxy) is 1. The molecular weight excluding hydrogens is 426 g/mol. The third-order valence-electron chi connectivity index (χ3n) is 5.72. The molecule has 0 radical (unpaired) electrons. The van der Waals surface area contributed by atoms with Gasteiger partial charge in [0.25, 0.3) is 5.91 Å². The van der Waals surface area contributed by atoms with Gasteiger partial charge in [-0.2, -0.15) is 0 Å². The highest BCUT2D eigenvalue weighted by molar-refractivity contribution is 6.32. The standard InChI is InChI=1S/C25H32ClN3O3/c1-17(2)32-23-10-9-20(15-21(23)26)24(30)28-22(25(31)27-3)16-29-13-11-19(12-14-29)18-7-5-4-6-8-18/h4-10,15,17,19,22H,11-14,16H2,1-3H3,(H,27,31)(H,28,30)/t22-/m0/s1. The Morgan fingerprint density at radius 2 is 1.81 bits per heavy atom. The van der Waals surface area contributed by atoms with Gasteiger partial charge in [0.15, 0.2) is 0 Å². The summed E-state index contributed by atoms with van der Waals surface area (Å²) < 4.78 is 5.62. The fourth-order valence-corrected chi connectivity index (χ4v) is 4.26. The van der Waals surface area contributed by atoms with Crippen LogP contribution in [0.15, 0.2) is 48.5 Å². The van der Waals surface area contributed by atoms with Gasteiger partial charge in [-0.15, -0.1) is 0 Å². The normalized spacial score (nSPS) is 15.9. The number of likely N-dealkylation sites (tertiary alicyclic amines) is 1. The Bertz CT molecular complexity index is 912. The third kappa shape index (κ3) is 6.47. The van der Waals surface area contributed by atoms with Crippen molar-refractivity contribution in [2.45, 2.75) is 44.8 Å². The van der Waals surface area contributed by atoms with Crippen molar-refractivity contribution < 1.29 is 14.3 Å². The molecule has 2 aromatic carbocycles. The number of hydrogen-bond donors (Lipinski definition) is 2. The molecule has 2 aromatic rings. The van der Waals surface area contributed by atoms with Crippen molar-refractivity contribution in [3.63, 3.8) is 0 Å². The molecule has 0 aliphatic carbocycles. The van der Waals surface area contributed by atoms with Gasteiger partial charge in [0, 0.05) is 19.2 Å². The molecule has 0 aromatic heterocycles. The molecule has 0 spiro atoms. The van der Waals surface area contributed by atoms with Crippen molar-refractivity contribution in [1.82, 2.24) is 15.5 Å². The van der Waals surface area contributed by atoms with Crippen LogP contribution in [-0.2, 0) is 4.79 Å². The van der Waals surface area contributed by atoms with Gasteiger partial charge in [-0.3, -0.25) is 9.59 Å². The number of carbonyl (C=O) groups excluding carboxylic acids is 2. The van der Waals surface area contributed by atoms with Crippen LogP contribution in [-0.4, -0.2) is 55.5 Å². The molecule has 2 N–H and O–H groups in total. The number of nitrogens with one attached hydrogen (secondary N) is 2. The van der Waals surface area contributed by atoms with Crippen LogP contribution in [0.2, 0.25) is 5.02 Å². The molecule has 1 atom stereocenters. The predicted molar refractivity (Wildman–Crippen MR) is 127 cm³/mol. The first kappa shape index (κ1) is 24.1. The number of benzene rings is 2. The summed E-state index contributed by atoms with van der Waals surface area (Å²) >= 11 is 6.27. The van der Waals surface area contributed by atoms with E-state index in [1.165, 1.54) is 5.56 Å². The smallest absolute Gasteiger partial charge is 0.252 e. The Hall–Kier alpha value is -2.57. The highest BCUT2D eigenvalue weighted by Gasteiger charge is 2.27. The first-order valence-corrected chi connectivity index (χ1v) is 11.5. The molecule has 3 rings (SSSR count). The average Bonchev–Trinajstić information content (AvgIpc) is 2.80. The lowest BCUT2D eigenvalue weighted by Crippen LogP contribution is -2.53. The molecule has 7 heteroatoms. The zero-order chi connectivity index (χ0) is 23.1. The summed E-state index contributed by atoms with van der Waals surface area (Å²) in [5.74, 6) is 0.515. The monoisotopic (exact) mass is 457 g/mol. The molecule has 2 amide bonds. The molecule has 1 saturated heterocycles. The van der Waals surface area contributed by atoms with Crippen molar-refractivity contribution in [2.24, 2.45) is 0 Å². The quantitative estimate of drug-likeness (QED) is 0.631. The highest BCUT2D eigenvalue weighted by atomic mass is 35.5. The predicted octanol–water partition coefficient (Wildman–Crippen LogP) is 3.85. The van der Waals surface area contributed by atoms with Crippen molar-refractivity contribution in [1.29, 1.82) is 0 Å². The van der Waals surface area contributed by atoms with Crippen molar-refractivity contribution >= 4 is 23.4 Å². The van der Waals surface area contributed by atoms with Crippen LogP contribution in [0.3, 0.4) is 0 Å². The van der Waals surface area contributed by atoms with E-state index in [9.17, 15) is 9.59 Å². The van der Waals surface area contributed by atoms with Gasteiger partial charge < -0.3 is 20.3 Å². The fraction of sp³-hybridized carbons (Fsp3) is 0.440. The molecule has 1 aliphatic heterocycles. The summed E-state index contributed by atoms with van der Waals surface area (Å²) in [6.45, 7) is 6.06. The highest BCUT2D eigenvalue weighted by Crippen LogP contribution is 2.28. The zero-order valence-corrected chi connectivity index (χ0v) is 19.7. The van der Waals surface area contributed by atoms with Crippen molar-refractivity contribution in [2.75, 3.05) is 26.7 Å². The number of hydrogen-bond acceptors (Lipinski definition) is 4. The van der Waals surface area contributed by atoms with Gasteiger partial charge in [0.2, 0.25) is 5.91 Å². The van der Waals surface area contributed by atoms with Crippen LogP contribution < -0.4 is 15.4 Å². The number of carbonyl (C=O) groups is 2. The second-order valence-electron chi connectivity index (χ2n) is 8.44. The molecule has 172 valence electrons. The number of halogens is 1. The molecule has 1 aliphatic rings. The molecule has 32 heavy (non-hydrogen) atoms. The molecule has 0 unspecified atom stereocenters. The lowest BCUT2D eigenvalue weighted by Gasteiger charge is -2.34. The van der Waals surface area contributed by atoms with Crippen LogP contribution in [0.5, 0.6) is 5.75 Å². The summed E-state index contributed by atoms with van der Waals surface area (Å²) in [7, 11) is 1.58. The van der Waals surface area contributed by atoms with E-state index in [1.807, 2.05) is 19.9 Å². The lowest BCUT2D eigenvalue weighted by atomic mass is 9.89. The first-order valence-electron chi connectivity index (χ1n) is 11.1. The second kappa shape index (κ2) is 11.3. The average molecular weight is 458 g/mol. The lowest BCUT2D eigenvalue weighted by molar-refractivity contribution is -0.123. The van der Waals surface area contributed by atoms with Crippen LogP contribution in [0.25, 0.3) is 0 Å². The number of likely N-dealkylation sites (N-methyl/N-ethyl adjacent to an activating group) is 1. The third-order valence-corrected chi connectivity index (χ3v) is 6.02. The Morgan fingerprint density at radius 1 is 1.12 bits per heavy atom. The van der Waals surface area contributed by atoms with E-state index in [1.54, 1.807) is 25.2 Å². The Morgan fingerprint density at radius 3 is 2.41 bits per heavy atom.